The van der Waals surface area contributed by atoms with Gasteiger partial charge in [0.2, 0.25) is 5.95 Å². The van der Waals surface area contributed by atoms with E-state index in [1.807, 2.05) is 6.92 Å². The molecular weight excluding hydrogens is 340 g/mol. The summed E-state index contributed by atoms with van der Waals surface area (Å²) in [7, 11) is 0. The molecule has 1 heterocycles. The lowest BCUT2D eigenvalue weighted by Gasteiger charge is -2.17. The molecule has 1 aromatic carbocycles. The van der Waals surface area contributed by atoms with Gasteiger partial charge in [0.25, 0.3) is 5.91 Å². The van der Waals surface area contributed by atoms with E-state index in [1.54, 1.807) is 30.3 Å². The topological polar surface area (TPSA) is 84.0 Å². The van der Waals surface area contributed by atoms with E-state index in [9.17, 15) is 9.59 Å². The first-order valence-corrected chi connectivity index (χ1v) is 9.56. The minimum Gasteiger partial charge on any atom is -0.351 e. The predicted octanol–water partition coefficient (Wildman–Crippen LogP) is 4.37. The summed E-state index contributed by atoms with van der Waals surface area (Å²) in [6.45, 7) is 3.35. The molecule has 27 heavy (non-hydrogen) atoms. The number of aromatic nitrogens is 2. The van der Waals surface area contributed by atoms with Gasteiger partial charge in [-0.1, -0.05) is 37.8 Å². The number of carbonyl (C=O) groups is 2. The first kappa shape index (κ1) is 19.0. The van der Waals surface area contributed by atoms with Gasteiger partial charge >= 0.3 is 0 Å². The number of rotatable bonds is 5. The van der Waals surface area contributed by atoms with Crippen molar-refractivity contribution >= 4 is 23.3 Å². The molecule has 1 aliphatic carbocycles. The lowest BCUT2D eigenvalue weighted by Crippen LogP contribution is -2.22. The number of aryl methyl sites for hydroxylation is 1. The Balaban J connectivity index is 1.73. The fourth-order valence-electron chi connectivity index (χ4n) is 3.37. The van der Waals surface area contributed by atoms with Crippen LogP contribution in [0.5, 0.6) is 0 Å². The number of Topliss-reactive ketones (excluding diaryl/α,β-unsaturated/α-hetero) is 1. The van der Waals surface area contributed by atoms with E-state index in [4.69, 9.17) is 0 Å². The number of hydrogen-bond acceptors (Lipinski definition) is 5. The third kappa shape index (κ3) is 5.36. The van der Waals surface area contributed by atoms with E-state index >= 15 is 0 Å². The van der Waals surface area contributed by atoms with Crippen LogP contribution in [0.3, 0.4) is 0 Å². The second kappa shape index (κ2) is 8.75. The number of carbonyl (C=O) groups excluding carboxylic acids is 2. The zero-order chi connectivity index (χ0) is 19.2. The van der Waals surface area contributed by atoms with Crippen molar-refractivity contribution < 1.29 is 9.59 Å². The van der Waals surface area contributed by atoms with Crippen LogP contribution in [0, 0.1) is 6.92 Å². The lowest BCUT2D eigenvalue weighted by atomic mass is 10.1. The quantitative estimate of drug-likeness (QED) is 0.606. The number of ketones is 1. The smallest absolute Gasteiger partial charge is 0.274 e. The maximum atomic E-state index is 12.6. The van der Waals surface area contributed by atoms with E-state index in [0.717, 1.165) is 18.5 Å². The number of amides is 1. The van der Waals surface area contributed by atoms with Crippen molar-refractivity contribution in [2.24, 2.45) is 0 Å². The van der Waals surface area contributed by atoms with Gasteiger partial charge < -0.3 is 10.6 Å². The summed E-state index contributed by atoms with van der Waals surface area (Å²) in [4.78, 5) is 33.0. The monoisotopic (exact) mass is 366 g/mol. The van der Waals surface area contributed by atoms with Gasteiger partial charge in [-0.15, -0.1) is 0 Å². The first-order chi connectivity index (χ1) is 13.0. The third-order valence-corrected chi connectivity index (χ3v) is 4.80. The summed E-state index contributed by atoms with van der Waals surface area (Å²) in [6, 6.07) is 8.92. The van der Waals surface area contributed by atoms with Crippen molar-refractivity contribution in [2.45, 2.75) is 58.4 Å². The molecule has 0 aliphatic heterocycles. The maximum Gasteiger partial charge on any atom is 0.274 e. The molecule has 0 atom stereocenters. The standard InChI is InChI=1S/C21H26N4O2/c1-14-12-19(20(27)23-18-11-7-8-16(13-18)15(2)26)25-21(22-14)24-17-9-5-3-4-6-10-17/h7-8,11-13,17H,3-6,9-10H2,1-2H3,(H,23,27)(H,22,24,25). The van der Waals surface area contributed by atoms with Crippen LogP contribution in [0.25, 0.3) is 0 Å². The Morgan fingerprint density at radius 1 is 1.04 bits per heavy atom. The Kier molecular flexibility index (Phi) is 6.16. The van der Waals surface area contributed by atoms with Gasteiger partial charge in [-0.05, 0) is 44.9 Å². The highest BCUT2D eigenvalue weighted by atomic mass is 16.2. The van der Waals surface area contributed by atoms with E-state index in [1.165, 1.54) is 32.6 Å². The van der Waals surface area contributed by atoms with E-state index in [2.05, 4.69) is 20.6 Å². The van der Waals surface area contributed by atoms with Gasteiger partial charge in [0, 0.05) is 23.0 Å². The molecule has 2 N–H and O–H groups in total. The van der Waals surface area contributed by atoms with Crippen molar-refractivity contribution in [1.29, 1.82) is 0 Å². The Morgan fingerprint density at radius 3 is 2.48 bits per heavy atom. The van der Waals surface area contributed by atoms with Crippen molar-refractivity contribution in [2.75, 3.05) is 10.6 Å². The average molecular weight is 366 g/mol. The molecule has 1 saturated carbocycles. The molecule has 1 aromatic heterocycles. The molecule has 0 spiro atoms. The highest BCUT2D eigenvalue weighted by molar-refractivity contribution is 6.04. The Labute approximate surface area is 159 Å². The molecule has 0 unspecified atom stereocenters. The van der Waals surface area contributed by atoms with Crippen molar-refractivity contribution in [1.82, 2.24) is 9.97 Å². The second-order valence-electron chi connectivity index (χ2n) is 7.14. The van der Waals surface area contributed by atoms with Gasteiger partial charge in [0.05, 0.1) is 0 Å². The highest BCUT2D eigenvalue weighted by Crippen LogP contribution is 2.20. The number of anilines is 2. The van der Waals surface area contributed by atoms with E-state index in [0.29, 0.717) is 28.9 Å². The Bertz CT molecular complexity index is 827. The summed E-state index contributed by atoms with van der Waals surface area (Å²) in [5, 5.41) is 6.21. The van der Waals surface area contributed by atoms with E-state index < -0.39 is 0 Å². The summed E-state index contributed by atoms with van der Waals surface area (Å²) >= 11 is 0. The maximum absolute atomic E-state index is 12.6. The van der Waals surface area contributed by atoms with Crippen LogP contribution < -0.4 is 10.6 Å². The fraction of sp³-hybridized carbons (Fsp3) is 0.429. The zero-order valence-electron chi connectivity index (χ0n) is 15.9. The summed E-state index contributed by atoms with van der Waals surface area (Å²) in [5.41, 5.74) is 2.18. The van der Waals surface area contributed by atoms with Crippen LogP contribution in [0.2, 0.25) is 0 Å². The molecular formula is C21H26N4O2. The largest absolute Gasteiger partial charge is 0.351 e. The van der Waals surface area contributed by atoms with Crippen LogP contribution >= 0.6 is 0 Å². The predicted molar refractivity (Wildman–Crippen MR) is 106 cm³/mol. The van der Waals surface area contributed by atoms with Crippen molar-refractivity contribution in [3.63, 3.8) is 0 Å². The number of nitrogens with one attached hydrogen (secondary N) is 2. The van der Waals surface area contributed by atoms with Crippen LogP contribution in [0.1, 0.15) is 72.0 Å². The molecule has 6 nitrogen and oxygen atoms in total. The molecule has 3 rings (SSSR count). The molecule has 2 aromatic rings. The molecule has 0 bridgehead atoms. The summed E-state index contributed by atoms with van der Waals surface area (Å²) in [5.74, 6) is 0.147. The van der Waals surface area contributed by atoms with Crippen molar-refractivity contribution in [3.8, 4) is 0 Å². The summed E-state index contributed by atoms with van der Waals surface area (Å²) < 4.78 is 0. The van der Waals surface area contributed by atoms with Gasteiger partial charge in [-0.3, -0.25) is 9.59 Å². The number of hydrogen-bond donors (Lipinski definition) is 2. The Morgan fingerprint density at radius 2 is 1.78 bits per heavy atom. The van der Waals surface area contributed by atoms with Crippen molar-refractivity contribution in [3.05, 3.63) is 47.3 Å². The second-order valence-corrected chi connectivity index (χ2v) is 7.14. The fourth-order valence-corrected chi connectivity index (χ4v) is 3.37. The molecule has 1 aliphatic rings. The minimum absolute atomic E-state index is 0.0427. The van der Waals surface area contributed by atoms with E-state index in [-0.39, 0.29) is 11.7 Å². The third-order valence-electron chi connectivity index (χ3n) is 4.80. The average Bonchev–Trinajstić information content (AvgIpc) is 2.90. The summed E-state index contributed by atoms with van der Waals surface area (Å²) in [6.07, 6.45) is 7.19. The lowest BCUT2D eigenvalue weighted by molar-refractivity contribution is 0.100. The molecule has 0 saturated heterocycles. The molecule has 0 radical (unpaired) electrons. The van der Waals surface area contributed by atoms with Gasteiger partial charge in [-0.2, -0.15) is 0 Å². The zero-order valence-corrected chi connectivity index (χ0v) is 15.9. The number of benzene rings is 1. The highest BCUT2D eigenvalue weighted by Gasteiger charge is 2.16. The minimum atomic E-state index is -0.315. The van der Waals surface area contributed by atoms with Crippen LogP contribution in [-0.2, 0) is 0 Å². The molecule has 142 valence electrons. The number of nitrogens with zero attached hydrogens (tertiary/aromatic N) is 2. The SMILES string of the molecule is CC(=O)c1cccc(NC(=O)c2cc(C)nc(NC3CCCCCC3)n2)c1. The van der Waals surface area contributed by atoms with Gasteiger partial charge in [-0.25, -0.2) is 9.97 Å². The van der Waals surface area contributed by atoms with Crippen LogP contribution in [0.4, 0.5) is 11.6 Å². The van der Waals surface area contributed by atoms with Gasteiger partial charge in [0.1, 0.15) is 5.69 Å². The molecule has 1 fully saturated rings. The Hall–Kier alpha value is -2.76. The van der Waals surface area contributed by atoms with Crippen LogP contribution in [-0.4, -0.2) is 27.7 Å². The normalized spacial score (nSPS) is 15.0. The first-order valence-electron chi connectivity index (χ1n) is 9.56. The van der Waals surface area contributed by atoms with Gasteiger partial charge in [0.15, 0.2) is 5.78 Å². The molecule has 1 amide bonds. The molecule has 6 heteroatoms. The van der Waals surface area contributed by atoms with Crippen LogP contribution in [0.15, 0.2) is 30.3 Å².